The molecule has 0 spiro atoms. The molecule has 5 N–H and O–H groups in total. The van der Waals surface area contributed by atoms with Crippen molar-refractivity contribution in [2.24, 2.45) is 0 Å². The lowest BCUT2D eigenvalue weighted by atomic mass is 10.00. The summed E-state index contributed by atoms with van der Waals surface area (Å²) >= 11 is 0. The van der Waals surface area contributed by atoms with E-state index in [0.29, 0.717) is 19.3 Å². The summed E-state index contributed by atoms with van der Waals surface area (Å²) in [5, 5.41) is 43.6. The minimum atomic E-state index is -1.29. The molecule has 0 aromatic rings. The van der Waals surface area contributed by atoms with Crippen molar-refractivity contribution < 1.29 is 25.2 Å². The number of unbranched alkanes of at least 4 members (excludes halogenated alkanes) is 32. The van der Waals surface area contributed by atoms with E-state index in [0.717, 1.165) is 44.9 Å². The van der Waals surface area contributed by atoms with Crippen molar-refractivity contribution in [3.05, 3.63) is 24.3 Å². The van der Waals surface area contributed by atoms with Gasteiger partial charge < -0.3 is 25.7 Å². The van der Waals surface area contributed by atoms with Gasteiger partial charge in [0.15, 0.2) is 0 Å². The van der Waals surface area contributed by atoms with E-state index in [-0.39, 0.29) is 0 Å². The predicted molar refractivity (Wildman–Crippen MR) is 242 cm³/mol. The molecule has 4 atom stereocenters. The molecule has 0 aliphatic rings. The van der Waals surface area contributed by atoms with Gasteiger partial charge in [-0.1, -0.05) is 237 Å². The largest absolute Gasteiger partial charge is 0.394 e. The van der Waals surface area contributed by atoms with Gasteiger partial charge in [0.1, 0.15) is 12.2 Å². The fraction of sp³-hybridized carbons (Fsp3) is 0.900. The van der Waals surface area contributed by atoms with Crippen molar-refractivity contribution in [3.8, 4) is 0 Å². The number of nitrogens with one attached hydrogen (secondary N) is 1. The minimum absolute atomic E-state index is 0.364. The van der Waals surface area contributed by atoms with Crippen LogP contribution in [-0.2, 0) is 4.79 Å². The summed E-state index contributed by atoms with van der Waals surface area (Å²) in [5.41, 5.74) is 0. The highest BCUT2D eigenvalue weighted by Gasteiger charge is 2.28. The van der Waals surface area contributed by atoms with Crippen molar-refractivity contribution >= 4 is 5.91 Å². The second-order valence-electron chi connectivity index (χ2n) is 17.2. The van der Waals surface area contributed by atoms with E-state index in [2.05, 4.69) is 43.5 Å². The van der Waals surface area contributed by atoms with E-state index in [1.807, 2.05) is 0 Å². The number of amides is 1. The maximum Gasteiger partial charge on any atom is 0.249 e. The van der Waals surface area contributed by atoms with E-state index < -0.39 is 36.9 Å². The van der Waals surface area contributed by atoms with Crippen molar-refractivity contribution in [3.63, 3.8) is 0 Å². The zero-order valence-corrected chi connectivity index (χ0v) is 37.4. The van der Waals surface area contributed by atoms with E-state index in [9.17, 15) is 25.2 Å². The molecule has 6 heteroatoms. The molecule has 0 heterocycles. The van der Waals surface area contributed by atoms with E-state index in [1.165, 1.54) is 180 Å². The number of carbonyl (C=O) groups excluding carboxylic acids is 1. The van der Waals surface area contributed by atoms with E-state index in [1.54, 1.807) is 0 Å². The van der Waals surface area contributed by atoms with E-state index >= 15 is 0 Å². The summed E-state index contributed by atoms with van der Waals surface area (Å²) in [5.74, 6) is -0.595. The average Bonchev–Trinajstić information content (AvgIpc) is 3.20. The highest BCUT2D eigenvalue weighted by molar-refractivity contribution is 5.80. The van der Waals surface area contributed by atoms with Gasteiger partial charge in [0.25, 0.3) is 0 Å². The van der Waals surface area contributed by atoms with Crippen LogP contribution in [0.25, 0.3) is 0 Å². The summed E-state index contributed by atoms with van der Waals surface area (Å²) in [6, 6.07) is -1.00. The maximum atomic E-state index is 12.5. The van der Waals surface area contributed by atoms with Gasteiger partial charge in [0, 0.05) is 0 Å². The Morgan fingerprint density at radius 2 is 0.750 bits per heavy atom. The molecule has 1 amide bonds. The lowest BCUT2D eigenvalue weighted by Gasteiger charge is -2.27. The van der Waals surface area contributed by atoms with Crippen LogP contribution in [0.1, 0.15) is 258 Å². The fourth-order valence-corrected chi connectivity index (χ4v) is 7.70. The highest BCUT2D eigenvalue weighted by atomic mass is 16.3. The van der Waals surface area contributed by atoms with Gasteiger partial charge >= 0.3 is 0 Å². The van der Waals surface area contributed by atoms with Gasteiger partial charge in [-0.25, -0.2) is 0 Å². The van der Waals surface area contributed by atoms with Gasteiger partial charge in [0.2, 0.25) is 5.91 Å². The lowest BCUT2D eigenvalue weighted by molar-refractivity contribution is -0.132. The Hall–Kier alpha value is -1.21. The normalized spacial score (nSPS) is 14.2. The molecule has 0 saturated heterocycles. The van der Waals surface area contributed by atoms with Crippen LogP contribution in [0.2, 0.25) is 0 Å². The van der Waals surface area contributed by atoms with Crippen LogP contribution in [0.5, 0.6) is 0 Å². The number of allylic oxidation sites excluding steroid dienone is 4. The van der Waals surface area contributed by atoms with Gasteiger partial charge in [-0.3, -0.25) is 4.79 Å². The minimum Gasteiger partial charge on any atom is -0.394 e. The van der Waals surface area contributed by atoms with Gasteiger partial charge in [-0.05, 0) is 44.9 Å². The van der Waals surface area contributed by atoms with E-state index in [4.69, 9.17) is 0 Å². The zero-order chi connectivity index (χ0) is 41.0. The second kappa shape index (κ2) is 44.9. The molecule has 56 heavy (non-hydrogen) atoms. The Balaban J connectivity index is 3.57. The predicted octanol–water partition coefficient (Wildman–Crippen LogP) is 13.5. The first-order chi connectivity index (χ1) is 27.5. The first kappa shape index (κ1) is 54.8. The molecule has 0 fully saturated rings. The Morgan fingerprint density at radius 1 is 0.429 bits per heavy atom. The monoisotopic (exact) mass is 792 g/mol. The molecule has 0 saturated carbocycles. The van der Waals surface area contributed by atoms with Gasteiger partial charge in [-0.15, -0.1) is 0 Å². The molecule has 0 aliphatic carbocycles. The first-order valence-corrected chi connectivity index (χ1v) is 24.7. The fourth-order valence-electron chi connectivity index (χ4n) is 7.70. The molecular weight excluding hydrogens is 695 g/mol. The molecule has 0 rings (SSSR count). The summed E-state index contributed by atoms with van der Waals surface area (Å²) in [7, 11) is 0. The Kier molecular flexibility index (Phi) is 43.9. The highest BCUT2D eigenvalue weighted by Crippen LogP contribution is 2.17. The zero-order valence-electron chi connectivity index (χ0n) is 37.4. The van der Waals surface area contributed by atoms with Crippen LogP contribution in [0.15, 0.2) is 24.3 Å². The summed E-state index contributed by atoms with van der Waals surface area (Å²) in [4.78, 5) is 12.5. The Labute approximate surface area is 348 Å². The number of hydrogen-bond acceptors (Lipinski definition) is 5. The lowest BCUT2D eigenvalue weighted by Crippen LogP contribution is -2.53. The van der Waals surface area contributed by atoms with Crippen molar-refractivity contribution in [1.82, 2.24) is 5.32 Å². The molecule has 0 aromatic carbocycles. The number of rotatable bonds is 45. The number of carbonyl (C=O) groups is 1. The van der Waals surface area contributed by atoms with Gasteiger partial charge in [0.05, 0.1) is 18.8 Å². The van der Waals surface area contributed by atoms with Crippen LogP contribution in [0.3, 0.4) is 0 Å². The number of hydrogen-bond donors (Lipinski definition) is 5. The standard InChI is InChI=1S/C50H97NO5/c1-3-5-7-9-11-13-15-16-17-18-19-20-21-22-23-24-25-26-27-28-29-30-31-32-34-36-38-40-42-44-48(54)50(56)51-46(45-52)49(55)47(53)43-41-39-37-35-33-14-12-10-8-6-4-2/h10,12,35,37,46-49,52-55H,3-9,11,13-34,36,38-45H2,1-2H3,(H,51,56)/b12-10+,37-35+. The third kappa shape index (κ3) is 38.3. The van der Waals surface area contributed by atoms with Crippen LogP contribution >= 0.6 is 0 Å². The molecule has 6 nitrogen and oxygen atoms in total. The smallest absolute Gasteiger partial charge is 0.249 e. The van der Waals surface area contributed by atoms with Gasteiger partial charge in [-0.2, -0.15) is 0 Å². The number of aliphatic hydroxyl groups is 4. The SMILES string of the molecule is CCCC/C=C/CC/C=C/CCCC(O)C(O)C(CO)NC(=O)C(O)CCCCCCCCCCCCCCCCCCCCCCCCCCCCCCC. The van der Waals surface area contributed by atoms with Crippen molar-refractivity contribution in [2.45, 2.75) is 282 Å². The summed E-state index contributed by atoms with van der Waals surface area (Å²) < 4.78 is 0. The average molecular weight is 792 g/mol. The molecular formula is C50H97NO5. The molecule has 332 valence electrons. The van der Waals surface area contributed by atoms with Crippen molar-refractivity contribution in [1.29, 1.82) is 0 Å². The second-order valence-corrected chi connectivity index (χ2v) is 17.2. The number of aliphatic hydroxyl groups excluding tert-OH is 4. The van der Waals surface area contributed by atoms with Crippen LogP contribution in [-0.4, -0.2) is 57.3 Å². The molecule has 4 unspecified atom stereocenters. The molecule has 0 radical (unpaired) electrons. The Bertz CT molecular complexity index is 847. The molecule has 0 bridgehead atoms. The molecule has 0 aliphatic heterocycles. The van der Waals surface area contributed by atoms with Crippen LogP contribution in [0.4, 0.5) is 0 Å². The van der Waals surface area contributed by atoms with Crippen LogP contribution in [0, 0.1) is 0 Å². The third-order valence-electron chi connectivity index (χ3n) is 11.6. The van der Waals surface area contributed by atoms with Crippen LogP contribution < -0.4 is 5.32 Å². The summed E-state index contributed by atoms with van der Waals surface area (Å²) in [6.07, 6.45) is 52.5. The maximum absolute atomic E-state index is 12.5. The third-order valence-corrected chi connectivity index (χ3v) is 11.6. The summed E-state index contributed by atoms with van der Waals surface area (Å²) in [6.45, 7) is 3.99. The van der Waals surface area contributed by atoms with Crippen molar-refractivity contribution in [2.75, 3.05) is 6.61 Å². The quantitative estimate of drug-likeness (QED) is 0.0312. The Morgan fingerprint density at radius 3 is 1.11 bits per heavy atom. The first-order valence-electron chi connectivity index (χ1n) is 24.7. The topological polar surface area (TPSA) is 110 Å². The molecule has 0 aromatic heterocycles.